The lowest BCUT2D eigenvalue weighted by molar-refractivity contribution is -0.145. The number of aliphatic hydroxyl groups is 1. The average molecular weight is 675 g/mol. The largest absolute Gasteiger partial charge is 0.480 e. The van der Waals surface area contributed by atoms with E-state index in [1.807, 2.05) is 0 Å². The molecule has 0 aromatic carbocycles. The lowest BCUT2D eigenvalue weighted by Gasteiger charge is -2.40. The summed E-state index contributed by atoms with van der Waals surface area (Å²) in [6.07, 6.45) is -2.48. The normalized spacial score (nSPS) is 19.2. The molecule has 2 fully saturated rings. The van der Waals surface area contributed by atoms with Gasteiger partial charge in [0.25, 0.3) is 0 Å². The molecular formula is C31H54N4O12. The zero-order valence-electron chi connectivity index (χ0n) is 29.9. The minimum atomic E-state index is -1.19. The molecule has 270 valence electrons. The molecular weight excluding hydrogens is 620 g/mol. The number of Topliss-reactive ketones (excluding diaryl/α,β-unsaturated/α-hetero) is 1. The molecule has 47 heavy (non-hydrogen) atoms. The van der Waals surface area contributed by atoms with Gasteiger partial charge in [-0.15, -0.1) is 0 Å². The number of carboxylic acids is 1. The number of aliphatic hydroxyl groups excluding tert-OH is 1. The molecule has 0 bridgehead atoms. The summed E-state index contributed by atoms with van der Waals surface area (Å²) < 4.78 is 21.1. The molecule has 2 saturated heterocycles. The van der Waals surface area contributed by atoms with E-state index in [0.29, 0.717) is 0 Å². The number of carboxylic acid groups (broad SMARTS) is 1. The highest BCUT2D eigenvalue weighted by Gasteiger charge is 2.41. The van der Waals surface area contributed by atoms with Gasteiger partial charge < -0.3 is 39.0 Å². The predicted molar refractivity (Wildman–Crippen MR) is 169 cm³/mol. The van der Waals surface area contributed by atoms with E-state index in [9.17, 15) is 33.9 Å². The number of carbonyl (C=O) groups excluding carboxylic acids is 5. The number of ketones is 1. The Hall–Kier alpha value is -3.82. The second-order valence-corrected chi connectivity index (χ2v) is 15.2. The Labute approximate surface area is 277 Å². The van der Waals surface area contributed by atoms with E-state index in [1.54, 1.807) is 83.1 Å². The quantitative estimate of drug-likeness (QED) is 0.416. The monoisotopic (exact) mass is 674 g/mol. The average Bonchev–Trinajstić information content (AvgIpc) is 2.88. The summed E-state index contributed by atoms with van der Waals surface area (Å²) in [6, 6.07) is -2.11. The van der Waals surface area contributed by atoms with Gasteiger partial charge in [0.2, 0.25) is 0 Å². The minimum absolute atomic E-state index is 0.0342. The molecule has 2 rings (SSSR count). The number of piperazine rings is 2. The highest BCUT2D eigenvalue weighted by Crippen LogP contribution is 2.20. The number of hydrogen-bond acceptors (Lipinski definition) is 11. The van der Waals surface area contributed by atoms with Gasteiger partial charge in [-0.25, -0.2) is 24.0 Å². The Morgan fingerprint density at radius 1 is 0.532 bits per heavy atom. The number of nitrogens with zero attached hydrogens (tertiary/aromatic N) is 4. The van der Waals surface area contributed by atoms with Crippen LogP contribution in [0, 0.1) is 0 Å². The van der Waals surface area contributed by atoms with Gasteiger partial charge >= 0.3 is 30.3 Å². The molecule has 0 radical (unpaired) electrons. The summed E-state index contributed by atoms with van der Waals surface area (Å²) in [5.41, 5.74) is -2.75. The van der Waals surface area contributed by atoms with Crippen LogP contribution < -0.4 is 0 Å². The SMILES string of the molecule is CC(C)(C)OC(=O)N1CCN(C(=O)OC(C)(C)C)[C@@H](C(=O)CO)C1.CC(C)(C)OC(=O)N1CCN(C(=O)OC(C)(C)C)[C@@H](C(=O)O)C1. The van der Waals surface area contributed by atoms with Gasteiger partial charge in [0, 0.05) is 26.2 Å². The van der Waals surface area contributed by atoms with Crippen molar-refractivity contribution in [2.24, 2.45) is 0 Å². The fourth-order valence-electron chi connectivity index (χ4n) is 4.22. The van der Waals surface area contributed by atoms with Crippen LogP contribution in [0.3, 0.4) is 0 Å². The van der Waals surface area contributed by atoms with E-state index in [0.717, 1.165) is 4.90 Å². The summed E-state index contributed by atoms with van der Waals surface area (Å²) in [5, 5.41) is 18.5. The standard InChI is InChI=1S/C16H28N2O6.C15H26N2O6/c1-15(2,3)23-13(21)17-7-8-18(11(9-17)12(20)10-19)14(22)24-16(4,5)6;1-14(2,3)22-12(20)16-7-8-17(10(9-16)11(18)19)13(21)23-15(4,5)6/h11,19H,7-10H2,1-6H3;10H,7-9H2,1-6H3,(H,18,19)/t11-;10-/m11/s1. The zero-order chi connectivity index (χ0) is 36.7. The van der Waals surface area contributed by atoms with Gasteiger partial charge in [0.05, 0.1) is 13.1 Å². The smallest absolute Gasteiger partial charge is 0.411 e. The molecule has 4 amide bonds. The molecule has 2 aliphatic rings. The van der Waals surface area contributed by atoms with Crippen molar-refractivity contribution in [1.82, 2.24) is 19.6 Å². The van der Waals surface area contributed by atoms with Gasteiger partial charge in [-0.3, -0.25) is 14.6 Å². The number of amides is 4. The lowest BCUT2D eigenvalue weighted by Crippen LogP contribution is -2.60. The van der Waals surface area contributed by atoms with Crippen LogP contribution in [0.1, 0.15) is 83.1 Å². The van der Waals surface area contributed by atoms with Crippen LogP contribution in [0.15, 0.2) is 0 Å². The maximum absolute atomic E-state index is 12.3. The lowest BCUT2D eigenvalue weighted by atomic mass is 10.1. The van der Waals surface area contributed by atoms with Crippen molar-refractivity contribution in [3.63, 3.8) is 0 Å². The summed E-state index contributed by atoms with van der Waals surface area (Å²) >= 11 is 0. The third kappa shape index (κ3) is 14.6. The number of rotatable bonds is 3. The van der Waals surface area contributed by atoms with Gasteiger partial charge in [0.1, 0.15) is 35.1 Å². The number of hydrogen-bond donors (Lipinski definition) is 2. The van der Waals surface area contributed by atoms with E-state index in [-0.39, 0.29) is 39.3 Å². The Balaban J connectivity index is 0.000000470. The first kappa shape index (κ1) is 41.2. The molecule has 0 aromatic heterocycles. The number of carbonyl (C=O) groups is 6. The Morgan fingerprint density at radius 2 is 0.830 bits per heavy atom. The van der Waals surface area contributed by atoms with Crippen molar-refractivity contribution in [2.45, 2.75) is 118 Å². The first-order chi connectivity index (χ1) is 21.1. The second-order valence-electron chi connectivity index (χ2n) is 15.2. The first-order valence-corrected chi connectivity index (χ1v) is 15.5. The summed E-state index contributed by atoms with van der Waals surface area (Å²) in [5.74, 6) is -1.74. The second kappa shape index (κ2) is 15.8. The maximum Gasteiger partial charge on any atom is 0.411 e. The Morgan fingerprint density at radius 3 is 1.13 bits per heavy atom. The Bertz CT molecular complexity index is 1150. The highest BCUT2D eigenvalue weighted by molar-refractivity contribution is 5.89. The van der Waals surface area contributed by atoms with Crippen LogP contribution in [0.5, 0.6) is 0 Å². The number of ether oxygens (including phenoxy) is 4. The molecule has 2 heterocycles. The predicted octanol–water partition coefficient (Wildman–Crippen LogP) is 3.33. The third-order valence-electron chi connectivity index (χ3n) is 6.13. The van der Waals surface area contributed by atoms with E-state index in [2.05, 4.69) is 0 Å². The van der Waals surface area contributed by atoms with Gasteiger partial charge in [0.15, 0.2) is 11.8 Å². The molecule has 2 N–H and O–H groups in total. The van der Waals surface area contributed by atoms with Crippen LogP contribution in [0.2, 0.25) is 0 Å². The summed E-state index contributed by atoms with van der Waals surface area (Å²) in [6.45, 7) is 20.5. The van der Waals surface area contributed by atoms with Crippen LogP contribution >= 0.6 is 0 Å². The molecule has 0 unspecified atom stereocenters. The molecule has 2 atom stereocenters. The topological polar surface area (TPSA) is 193 Å². The van der Waals surface area contributed by atoms with Crippen molar-refractivity contribution < 1.29 is 57.9 Å². The number of aliphatic carboxylic acids is 1. The molecule has 16 heteroatoms. The van der Waals surface area contributed by atoms with Crippen LogP contribution in [0.25, 0.3) is 0 Å². The molecule has 2 aliphatic heterocycles. The fourth-order valence-corrected chi connectivity index (χ4v) is 4.22. The van der Waals surface area contributed by atoms with Crippen molar-refractivity contribution in [3.8, 4) is 0 Å². The van der Waals surface area contributed by atoms with Crippen LogP contribution in [0.4, 0.5) is 19.2 Å². The maximum atomic E-state index is 12.3. The van der Waals surface area contributed by atoms with Crippen molar-refractivity contribution >= 4 is 36.1 Å². The van der Waals surface area contributed by atoms with E-state index in [4.69, 9.17) is 24.1 Å². The fraction of sp³-hybridized carbons (Fsp3) is 0.806. The van der Waals surface area contributed by atoms with Crippen LogP contribution in [-0.4, -0.2) is 146 Å². The van der Waals surface area contributed by atoms with Crippen molar-refractivity contribution in [2.75, 3.05) is 45.9 Å². The molecule has 0 saturated carbocycles. The molecule has 16 nitrogen and oxygen atoms in total. The van der Waals surface area contributed by atoms with Crippen LogP contribution in [-0.2, 0) is 28.5 Å². The van der Waals surface area contributed by atoms with Gasteiger partial charge in [-0.05, 0) is 83.1 Å². The van der Waals surface area contributed by atoms with E-state index >= 15 is 0 Å². The minimum Gasteiger partial charge on any atom is -0.480 e. The summed E-state index contributed by atoms with van der Waals surface area (Å²) in [4.78, 5) is 77.2. The Kier molecular flexibility index (Phi) is 13.9. The van der Waals surface area contributed by atoms with Crippen molar-refractivity contribution in [1.29, 1.82) is 0 Å². The van der Waals surface area contributed by atoms with Gasteiger partial charge in [-0.2, -0.15) is 0 Å². The van der Waals surface area contributed by atoms with Crippen molar-refractivity contribution in [3.05, 3.63) is 0 Å². The molecule has 0 spiro atoms. The van der Waals surface area contributed by atoms with E-state index in [1.165, 1.54) is 14.7 Å². The molecule has 0 aromatic rings. The summed E-state index contributed by atoms with van der Waals surface area (Å²) in [7, 11) is 0. The van der Waals surface area contributed by atoms with E-state index < -0.39 is 77.2 Å². The highest BCUT2D eigenvalue weighted by atomic mass is 16.6. The molecule has 0 aliphatic carbocycles. The first-order valence-electron chi connectivity index (χ1n) is 15.5. The van der Waals surface area contributed by atoms with Gasteiger partial charge in [-0.1, -0.05) is 0 Å². The zero-order valence-corrected chi connectivity index (χ0v) is 29.9. The third-order valence-corrected chi connectivity index (χ3v) is 6.13.